The number of imidazole rings is 1. The van der Waals surface area contributed by atoms with Gasteiger partial charge in [-0.05, 0) is 44.1 Å². The maximum atomic E-state index is 12.7. The number of Topliss-reactive ketones (excluding diaryl/α,β-unsaturated/α-hetero) is 1. The zero-order chi connectivity index (χ0) is 19.2. The summed E-state index contributed by atoms with van der Waals surface area (Å²) in [5.74, 6) is 1.49. The third kappa shape index (κ3) is 5.41. The van der Waals surface area contributed by atoms with E-state index in [0.717, 1.165) is 64.7 Å². The highest BCUT2D eigenvalue weighted by Crippen LogP contribution is 2.37. The molecule has 0 unspecified atom stereocenters. The van der Waals surface area contributed by atoms with Crippen molar-refractivity contribution in [2.24, 2.45) is 11.8 Å². The van der Waals surface area contributed by atoms with Crippen LogP contribution in [0.4, 0.5) is 0 Å². The number of aryl methyl sites for hydroxylation is 1. The van der Waals surface area contributed by atoms with Crippen molar-refractivity contribution in [2.45, 2.75) is 64.5 Å². The first-order valence-electron chi connectivity index (χ1n) is 10.5. The number of hydrogen-bond acceptors (Lipinski definition) is 4. The molecule has 6 nitrogen and oxygen atoms in total. The molecule has 2 fully saturated rings. The number of aromatic nitrogens is 2. The van der Waals surface area contributed by atoms with E-state index in [0.29, 0.717) is 30.1 Å². The molecule has 1 aromatic rings. The summed E-state index contributed by atoms with van der Waals surface area (Å²) in [7, 11) is 1.91. The van der Waals surface area contributed by atoms with Gasteiger partial charge in [-0.2, -0.15) is 0 Å². The monoisotopic (exact) mass is 374 g/mol. The fraction of sp³-hybridized carbons (Fsp3) is 0.762. The van der Waals surface area contributed by atoms with Crippen molar-refractivity contribution in [2.75, 3.05) is 26.7 Å². The largest absolute Gasteiger partial charge is 0.346 e. The van der Waals surface area contributed by atoms with Crippen LogP contribution < -0.4 is 0 Å². The van der Waals surface area contributed by atoms with Gasteiger partial charge in [0.15, 0.2) is 0 Å². The molecule has 1 aromatic heterocycles. The number of amides is 1. The second kappa shape index (κ2) is 9.49. The van der Waals surface area contributed by atoms with Crippen molar-refractivity contribution in [3.63, 3.8) is 0 Å². The van der Waals surface area contributed by atoms with Gasteiger partial charge in [-0.25, -0.2) is 4.98 Å². The van der Waals surface area contributed by atoms with E-state index in [9.17, 15) is 9.59 Å². The highest BCUT2D eigenvalue weighted by atomic mass is 16.2. The molecule has 0 spiro atoms. The summed E-state index contributed by atoms with van der Waals surface area (Å²) in [4.78, 5) is 33.1. The van der Waals surface area contributed by atoms with Gasteiger partial charge < -0.3 is 9.47 Å². The fourth-order valence-electron chi connectivity index (χ4n) is 4.90. The molecule has 1 saturated carbocycles. The van der Waals surface area contributed by atoms with E-state index in [1.807, 2.05) is 29.0 Å². The number of hydrogen-bond donors (Lipinski definition) is 0. The molecule has 150 valence electrons. The lowest BCUT2D eigenvalue weighted by atomic mass is 9.73. The molecule has 6 heteroatoms. The molecular formula is C21H34N4O2. The second-order valence-electron chi connectivity index (χ2n) is 8.38. The van der Waals surface area contributed by atoms with E-state index < -0.39 is 0 Å². The smallest absolute Gasteiger partial charge is 0.222 e. The SMILES string of the molecule is CCCN1C[C@@H](CC(=O)N(C)CCCn2ccnc2)C[C@@H]2CC(=O)CC[C@H]21. The molecule has 3 rings (SSSR count). The number of carbonyl (C=O) groups is 2. The van der Waals surface area contributed by atoms with Crippen molar-refractivity contribution >= 4 is 11.7 Å². The highest BCUT2D eigenvalue weighted by Gasteiger charge is 2.39. The maximum Gasteiger partial charge on any atom is 0.222 e. The number of piperidine rings is 1. The minimum absolute atomic E-state index is 0.239. The van der Waals surface area contributed by atoms with Gasteiger partial charge in [0.05, 0.1) is 6.33 Å². The van der Waals surface area contributed by atoms with Crippen LogP contribution in [0.25, 0.3) is 0 Å². The van der Waals surface area contributed by atoms with Crippen molar-refractivity contribution in [3.05, 3.63) is 18.7 Å². The van der Waals surface area contributed by atoms with E-state index in [2.05, 4.69) is 16.8 Å². The zero-order valence-electron chi connectivity index (χ0n) is 16.8. The molecule has 0 aromatic carbocycles. The van der Waals surface area contributed by atoms with Crippen molar-refractivity contribution in [3.8, 4) is 0 Å². The molecule has 1 aliphatic heterocycles. The third-order valence-corrected chi connectivity index (χ3v) is 6.22. The van der Waals surface area contributed by atoms with Crippen LogP contribution in [-0.2, 0) is 16.1 Å². The number of carbonyl (C=O) groups excluding carboxylic acids is 2. The Labute approximate surface area is 162 Å². The number of rotatable bonds is 8. The molecule has 0 radical (unpaired) electrons. The molecule has 1 aliphatic carbocycles. The van der Waals surface area contributed by atoms with Crippen LogP contribution in [0.3, 0.4) is 0 Å². The summed E-state index contributed by atoms with van der Waals surface area (Å²) in [6.45, 7) is 5.97. The first kappa shape index (κ1) is 20.1. The Balaban J connectivity index is 1.49. The molecule has 0 N–H and O–H groups in total. The summed E-state index contributed by atoms with van der Waals surface area (Å²) >= 11 is 0. The maximum absolute atomic E-state index is 12.7. The third-order valence-electron chi connectivity index (χ3n) is 6.22. The predicted molar refractivity (Wildman–Crippen MR) is 105 cm³/mol. The van der Waals surface area contributed by atoms with E-state index in [4.69, 9.17) is 0 Å². The van der Waals surface area contributed by atoms with Crippen LogP contribution in [0, 0.1) is 11.8 Å². The number of fused-ring (bicyclic) bond motifs is 1. The van der Waals surface area contributed by atoms with Crippen LogP contribution in [-0.4, -0.2) is 63.8 Å². The minimum Gasteiger partial charge on any atom is -0.346 e. The van der Waals surface area contributed by atoms with Gasteiger partial charge in [-0.1, -0.05) is 6.92 Å². The standard InChI is InChI=1S/C21H34N4O2/c1-3-8-25-15-17(12-18-14-19(26)5-6-20(18)25)13-21(27)23(2)9-4-10-24-11-7-22-16-24/h7,11,16-18,20H,3-6,8-10,12-15H2,1-2H3/t17-,18-,20-/m1/s1. The quantitative estimate of drug-likeness (QED) is 0.702. The topological polar surface area (TPSA) is 58.4 Å². The first-order valence-corrected chi connectivity index (χ1v) is 10.5. The summed E-state index contributed by atoms with van der Waals surface area (Å²) in [6, 6.07) is 0.557. The summed E-state index contributed by atoms with van der Waals surface area (Å²) in [5.41, 5.74) is 0. The average Bonchev–Trinajstić information content (AvgIpc) is 3.15. The van der Waals surface area contributed by atoms with Gasteiger partial charge in [-0.3, -0.25) is 14.5 Å². The Kier molecular flexibility index (Phi) is 7.05. The Hall–Kier alpha value is -1.69. The van der Waals surface area contributed by atoms with E-state index in [-0.39, 0.29) is 5.91 Å². The number of likely N-dealkylation sites (tertiary alicyclic amines) is 1. The number of nitrogens with zero attached hydrogens (tertiary/aromatic N) is 4. The fourth-order valence-corrected chi connectivity index (χ4v) is 4.90. The average molecular weight is 375 g/mol. The van der Waals surface area contributed by atoms with E-state index in [1.54, 1.807) is 6.20 Å². The van der Waals surface area contributed by atoms with Crippen molar-refractivity contribution in [1.82, 2.24) is 19.4 Å². The van der Waals surface area contributed by atoms with Crippen LogP contribution in [0.5, 0.6) is 0 Å². The Morgan fingerprint density at radius 2 is 2.22 bits per heavy atom. The van der Waals surface area contributed by atoms with Gasteiger partial charge >= 0.3 is 0 Å². The summed E-state index contributed by atoms with van der Waals surface area (Å²) in [5, 5.41) is 0. The van der Waals surface area contributed by atoms with Gasteiger partial charge in [0.2, 0.25) is 5.91 Å². The molecular weight excluding hydrogens is 340 g/mol. The highest BCUT2D eigenvalue weighted by molar-refractivity contribution is 5.79. The molecule has 2 heterocycles. The normalized spacial score (nSPS) is 26.0. The van der Waals surface area contributed by atoms with Crippen LogP contribution in [0.1, 0.15) is 51.9 Å². The first-order chi connectivity index (χ1) is 13.1. The Morgan fingerprint density at radius 3 is 2.96 bits per heavy atom. The van der Waals surface area contributed by atoms with Crippen LogP contribution >= 0.6 is 0 Å². The van der Waals surface area contributed by atoms with Crippen LogP contribution in [0.15, 0.2) is 18.7 Å². The summed E-state index contributed by atoms with van der Waals surface area (Å²) < 4.78 is 2.04. The second-order valence-corrected chi connectivity index (χ2v) is 8.38. The van der Waals surface area contributed by atoms with Crippen molar-refractivity contribution in [1.29, 1.82) is 0 Å². The summed E-state index contributed by atoms with van der Waals surface area (Å²) in [6.07, 6.45) is 11.7. The number of ketones is 1. The van der Waals surface area contributed by atoms with E-state index in [1.165, 1.54) is 0 Å². The molecule has 0 bridgehead atoms. The lowest BCUT2D eigenvalue weighted by Gasteiger charge is -2.47. The Bertz CT molecular complexity index is 616. The molecule has 1 saturated heterocycles. The minimum atomic E-state index is 0.239. The van der Waals surface area contributed by atoms with Crippen molar-refractivity contribution < 1.29 is 9.59 Å². The lowest BCUT2D eigenvalue weighted by molar-refractivity contribution is -0.132. The van der Waals surface area contributed by atoms with E-state index >= 15 is 0 Å². The lowest BCUT2D eigenvalue weighted by Crippen LogP contribution is -2.52. The Morgan fingerprint density at radius 1 is 1.37 bits per heavy atom. The van der Waals surface area contributed by atoms with Gasteiger partial charge in [0.25, 0.3) is 0 Å². The molecule has 1 amide bonds. The predicted octanol–water partition coefficient (Wildman–Crippen LogP) is 2.59. The zero-order valence-corrected chi connectivity index (χ0v) is 16.8. The molecule has 2 aliphatic rings. The molecule has 27 heavy (non-hydrogen) atoms. The molecule has 3 atom stereocenters. The van der Waals surface area contributed by atoms with Gasteiger partial charge in [0.1, 0.15) is 5.78 Å². The van der Waals surface area contributed by atoms with Gasteiger partial charge in [-0.15, -0.1) is 0 Å². The van der Waals surface area contributed by atoms with Crippen LogP contribution in [0.2, 0.25) is 0 Å². The van der Waals surface area contributed by atoms with Gasteiger partial charge in [0, 0.05) is 64.4 Å².